The number of ether oxygens (including phenoxy) is 2. The largest absolute Gasteiger partial charge is 0.508 e. The van der Waals surface area contributed by atoms with Crippen LogP contribution in [-0.4, -0.2) is 61.3 Å². The van der Waals surface area contributed by atoms with Crippen LogP contribution in [0.1, 0.15) is 96.7 Å². The number of carbonyl (C=O) groups is 2. The van der Waals surface area contributed by atoms with Crippen LogP contribution < -0.4 is 14.8 Å². The fraction of sp³-hybridized carbons (Fsp3) is 0.457. The molecule has 10 nitrogen and oxygen atoms in total. The van der Waals surface area contributed by atoms with Gasteiger partial charge in [0.15, 0.2) is 31.2 Å². The van der Waals surface area contributed by atoms with E-state index in [1.54, 1.807) is 0 Å². The van der Waals surface area contributed by atoms with E-state index in [1.165, 1.54) is 6.07 Å². The van der Waals surface area contributed by atoms with Crippen molar-refractivity contribution in [2.24, 2.45) is 17.8 Å². The first-order valence-electron chi connectivity index (χ1n) is 20.3. The number of anilines is 1. The standard InChI is InChI=1S/C46H56FN3O7Si/c1-27(2)20-21-48-34-24-33(47)31-22-30-23-32-38(50(6)7)41-37(44(49-56-41)55-26-29-18-14-11-15-19-29)43(53)46(32,57-58(8,9)45(3,4)5)42(52)35(30)39(51)36(31)40(34)54-25-28-16-12-10-13-17-28/h10-19,24,27,30,32,38,48,52H,20-23,25-26H2,1-9H3/t30-,32-,38-,46?/m0/s1. The summed E-state index contributed by atoms with van der Waals surface area (Å²) in [4.78, 5) is 32.8. The minimum atomic E-state index is -2.93. The molecular weight excluding hydrogens is 754 g/mol. The van der Waals surface area contributed by atoms with Crippen molar-refractivity contribution in [1.82, 2.24) is 10.1 Å². The lowest BCUT2D eigenvalue weighted by Crippen LogP contribution is -2.65. The molecule has 4 aromatic rings. The molecule has 3 aromatic carbocycles. The molecule has 3 aliphatic rings. The summed E-state index contributed by atoms with van der Waals surface area (Å²) >= 11 is 0. The number of aliphatic hydroxyl groups excluding tert-OH is 1. The van der Waals surface area contributed by atoms with E-state index in [0.717, 1.165) is 17.5 Å². The molecule has 2 N–H and O–H groups in total. The first-order chi connectivity index (χ1) is 27.5. The lowest BCUT2D eigenvalue weighted by Gasteiger charge is -2.55. The van der Waals surface area contributed by atoms with Gasteiger partial charge in [-0.25, -0.2) is 4.39 Å². The minimum Gasteiger partial charge on any atom is -0.508 e. The van der Waals surface area contributed by atoms with E-state index in [4.69, 9.17) is 18.4 Å². The van der Waals surface area contributed by atoms with Gasteiger partial charge >= 0.3 is 0 Å². The number of ketones is 2. The second-order valence-corrected chi connectivity index (χ2v) is 22.9. The molecule has 4 atom stereocenters. The summed E-state index contributed by atoms with van der Waals surface area (Å²) in [6.07, 6.45) is 1.14. The summed E-state index contributed by atoms with van der Waals surface area (Å²) in [6.45, 7) is 15.2. The Labute approximate surface area is 341 Å². The third kappa shape index (κ3) is 7.28. The van der Waals surface area contributed by atoms with Crippen LogP contribution in [0.3, 0.4) is 0 Å². The maximum absolute atomic E-state index is 16.5. The van der Waals surface area contributed by atoms with Crippen LogP contribution in [0.5, 0.6) is 11.6 Å². The predicted octanol–water partition coefficient (Wildman–Crippen LogP) is 9.88. The number of hydrogen-bond donors (Lipinski definition) is 2. The summed E-state index contributed by atoms with van der Waals surface area (Å²) in [5.74, 6) is -2.60. The van der Waals surface area contributed by atoms with E-state index in [1.807, 2.05) is 92.8 Å². The van der Waals surface area contributed by atoms with Crippen LogP contribution in [0.4, 0.5) is 10.1 Å². The Hall–Kier alpha value is -4.78. The van der Waals surface area contributed by atoms with Crippen LogP contribution in [0.2, 0.25) is 18.1 Å². The van der Waals surface area contributed by atoms with Gasteiger partial charge in [0, 0.05) is 29.7 Å². The molecule has 1 heterocycles. The van der Waals surface area contributed by atoms with Crippen LogP contribution in [-0.2, 0) is 24.1 Å². The number of Topliss-reactive ketones (excluding diaryl/α,β-unsaturated/α-hetero) is 2. The highest BCUT2D eigenvalue weighted by molar-refractivity contribution is 6.74. The van der Waals surface area contributed by atoms with Gasteiger partial charge in [0.1, 0.15) is 30.4 Å². The Balaban J connectivity index is 1.41. The summed E-state index contributed by atoms with van der Waals surface area (Å²) < 4.78 is 42.4. The molecule has 0 amide bonds. The molecular formula is C46H56FN3O7Si. The van der Waals surface area contributed by atoms with E-state index in [9.17, 15) is 5.11 Å². The van der Waals surface area contributed by atoms with E-state index in [-0.39, 0.29) is 59.9 Å². The lowest BCUT2D eigenvalue weighted by molar-refractivity contribution is -0.0481. The van der Waals surface area contributed by atoms with E-state index in [0.29, 0.717) is 23.9 Å². The van der Waals surface area contributed by atoms with Crippen molar-refractivity contribution >= 4 is 25.6 Å². The number of rotatable bonds is 13. The molecule has 0 saturated carbocycles. The van der Waals surface area contributed by atoms with Gasteiger partial charge in [0.2, 0.25) is 5.78 Å². The molecule has 7 rings (SSSR count). The maximum atomic E-state index is 16.5. The average Bonchev–Trinajstić information content (AvgIpc) is 3.58. The highest BCUT2D eigenvalue weighted by Gasteiger charge is 2.67. The normalized spacial score (nSPS) is 21.8. The SMILES string of the molecule is CC(C)CCNc1cc(F)c2c(c1OCc1ccccc1)C(=O)C1=C(O)C3(O[Si](C)(C)C(C)(C)C)C(=O)c4c(OCc5ccccc5)noc4[C@@H](N(C)C)[C@@H]3C[C@@H]1C2. The summed E-state index contributed by atoms with van der Waals surface area (Å²) in [7, 11) is 0.810. The summed E-state index contributed by atoms with van der Waals surface area (Å²) in [6, 6.07) is 19.9. The van der Waals surface area contributed by atoms with Crippen molar-refractivity contribution in [3.05, 3.63) is 117 Å². The Kier molecular flexibility index (Phi) is 11.2. The molecule has 0 bridgehead atoms. The number of allylic oxidation sites excluding steroid dienone is 1. The molecule has 0 radical (unpaired) electrons. The van der Waals surface area contributed by atoms with E-state index >= 15 is 14.0 Å². The summed E-state index contributed by atoms with van der Waals surface area (Å²) in [5, 5.41) is 20.2. The Morgan fingerprint density at radius 2 is 1.62 bits per heavy atom. The number of nitrogens with zero attached hydrogens (tertiary/aromatic N) is 2. The number of halogens is 1. The van der Waals surface area contributed by atoms with Crippen molar-refractivity contribution in [1.29, 1.82) is 0 Å². The molecule has 308 valence electrons. The van der Waals surface area contributed by atoms with Gasteiger partial charge in [-0.3, -0.25) is 14.5 Å². The predicted molar refractivity (Wildman–Crippen MR) is 223 cm³/mol. The highest BCUT2D eigenvalue weighted by Crippen LogP contribution is 2.60. The van der Waals surface area contributed by atoms with Crippen molar-refractivity contribution in [3.8, 4) is 11.6 Å². The maximum Gasteiger partial charge on any atom is 0.265 e. The Bertz CT molecular complexity index is 2210. The van der Waals surface area contributed by atoms with Gasteiger partial charge in [-0.1, -0.05) is 95.3 Å². The fourth-order valence-electron chi connectivity index (χ4n) is 8.47. The zero-order chi connectivity index (χ0) is 41.7. The average molecular weight is 810 g/mol. The quantitative estimate of drug-likeness (QED) is 0.126. The van der Waals surface area contributed by atoms with Crippen LogP contribution in [0.15, 0.2) is 82.6 Å². The van der Waals surface area contributed by atoms with Gasteiger partial charge < -0.3 is 28.8 Å². The number of nitrogens with one attached hydrogen (secondary N) is 1. The molecule has 12 heteroatoms. The van der Waals surface area contributed by atoms with Gasteiger partial charge in [0.05, 0.1) is 17.3 Å². The topological polar surface area (TPSA) is 123 Å². The highest BCUT2D eigenvalue weighted by atomic mass is 28.4. The molecule has 0 aliphatic heterocycles. The fourth-order valence-corrected chi connectivity index (χ4v) is 9.93. The number of fused-ring (bicyclic) bond motifs is 4. The van der Waals surface area contributed by atoms with Crippen LogP contribution >= 0.6 is 0 Å². The van der Waals surface area contributed by atoms with Gasteiger partial charge in [-0.15, -0.1) is 0 Å². The van der Waals surface area contributed by atoms with Gasteiger partial charge in [-0.05, 0) is 79.6 Å². The zero-order valence-corrected chi connectivity index (χ0v) is 36.1. The number of aliphatic hydroxyl groups is 1. The number of carbonyl (C=O) groups excluding carboxylic acids is 2. The Morgan fingerprint density at radius 1 is 1.00 bits per heavy atom. The minimum absolute atomic E-state index is 0.0108. The molecule has 0 saturated heterocycles. The number of benzene rings is 3. The number of hydrogen-bond acceptors (Lipinski definition) is 10. The lowest BCUT2D eigenvalue weighted by atomic mass is 9.58. The van der Waals surface area contributed by atoms with E-state index < -0.39 is 60.0 Å². The van der Waals surface area contributed by atoms with E-state index in [2.05, 4.69) is 45.1 Å². The third-order valence-corrected chi connectivity index (χ3v) is 16.9. The zero-order valence-electron chi connectivity index (χ0n) is 35.1. The second-order valence-electron chi connectivity index (χ2n) is 18.1. The first-order valence-corrected chi connectivity index (χ1v) is 23.2. The monoisotopic (exact) mass is 809 g/mol. The van der Waals surface area contributed by atoms with Crippen molar-refractivity contribution < 1.29 is 37.5 Å². The molecule has 1 unspecified atom stereocenters. The van der Waals surface area contributed by atoms with Crippen molar-refractivity contribution in [2.45, 2.75) is 96.9 Å². The second kappa shape index (κ2) is 15.8. The molecule has 58 heavy (non-hydrogen) atoms. The smallest absolute Gasteiger partial charge is 0.265 e. The molecule has 0 fully saturated rings. The van der Waals surface area contributed by atoms with Gasteiger partial charge in [0.25, 0.3) is 5.88 Å². The Morgan fingerprint density at radius 3 is 2.21 bits per heavy atom. The van der Waals surface area contributed by atoms with Crippen molar-refractivity contribution in [3.63, 3.8) is 0 Å². The molecule has 3 aliphatic carbocycles. The van der Waals surface area contributed by atoms with Gasteiger partial charge in [-0.2, -0.15) is 0 Å². The molecule has 1 aromatic heterocycles. The first kappa shape index (κ1) is 41.4. The molecule has 0 spiro atoms. The number of aromatic nitrogens is 1. The van der Waals surface area contributed by atoms with Crippen molar-refractivity contribution in [2.75, 3.05) is 26.0 Å². The van der Waals surface area contributed by atoms with Crippen LogP contribution in [0, 0.1) is 23.6 Å². The van der Waals surface area contributed by atoms with Crippen LogP contribution in [0.25, 0.3) is 0 Å². The summed E-state index contributed by atoms with van der Waals surface area (Å²) in [5.41, 5.74) is 0.486. The third-order valence-electron chi connectivity index (χ3n) is 12.5.